The molecule has 0 radical (unpaired) electrons. The first kappa shape index (κ1) is 8.99. The monoisotopic (exact) mass is 238 g/mol. The molecule has 0 aliphatic rings. The van der Waals surface area contributed by atoms with Crippen molar-refractivity contribution in [3.63, 3.8) is 0 Å². The second-order valence-corrected chi connectivity index (χ2v) is 4.39. The van der Waals surface area contributed by atoms with Gasteiger partial charge in [-0.3, -0.25) is 0 Å². The Kier molecular flexibility index (Phi) is 3.04. The van der Waals surface area contributed by atoms with E-state index in [9.17, 15) is 0 Å². The molecule has 1 rings (SSSR count). The summed E-state index contributed by atoms with van der Waals surface area (Å²) in [5.41, 5.74) is 0.115. The van der Waals surface area contributed by atoms with E-state index in [0.717, 1.165) is 8.66 Å². The Balaban J connectivity index is 2.97. The summed E-state index contributed by atoms with van der Waals surface area (Å²) in [6.07, 6.45) is 1.57. The van der Waals surface area contributed by atoms with Crippen LogP contribution in [-0.4, -0.2) is 0 Å². The van der Waals surface area contributed by atoms with Gasteiger partial charge in [-0.25, -0.2) is 10.1 Å². The number of hydrogen-bond acceptors (Lipinski definition) is 2. The number of halogens is 1. The van der Waals surface area contributed by atoms with Crippen molar-refractivity contribution < 1.29 is 0 Å². The van der Waals surface area contributed by atoms with Crippen molar-refractivity contribution in [2.45, 2.75) is 0 Å². The highest BCUT2D eigenvalue weighted by Gasteiger charge is 1.96. The molecule has 0 saturated carbocycles. The summed E-state index contributed by atoms with van der Waals surface area (Å²) in [5, 5.41) is 8.46. The largest absolute Gasteiger partial charge is 0.263 e. The van der Waals surface area contributed by atoms with Crippen molar-refractivity contribution >= 4 is 33.3 Å². The highest BCUT2D eigenvalue weighted by Crippen LogP contribution is 2.24. The van der Waals surface area contributed by atoms with Gasteiger partial charge in [0, 0.05) is 4.88 Å². The summed E-state index contributed by atoms with van der Waals surface area (Å²) < 4.78 is 0.996. The standard InChI is InChI=1S/C8H3BrN2S/c1-11-6(5-10)4-7-2-3-8(9)12-7/h2-4H/b6-4+. The minimum absolute atomic E-state index is 0.115. The normalized spacial score (nSPS) is 10.4. The van der Waals surface area contributed by atoms with Crippen LogP contribution in [0.3, 0.4) is 0 Å². The van der Waals surface area contributed by atoms with Gasteiger partial charge in [0.15, 0.2) is 0 Å². The third-order valence-electron chi connectivity index (χ3n) is 1.11. The fourth-order valence-corrected chi connectivity index (χ4v) is 1.99. The maximum Gasteiger partial charge on any atom is 0.263 e. The first-order valence-electron chi connectivity index (χ1n) is 3.01. The van der Waals surface area contributed by atoms with Crippen molar-refractivity contribution in [2.24, 2.45) is 0 Å². The molecule has 0 saturated heterocycles. The van der Waals surface area contributed by atoms with Crippen molar-refractivity contribution in [1.82, 2.24) is 0 Å². The van der Waals surface area contributed by atoms with Crippen LogP contribution in [0.15, 0.2) is 21.6 Å². The summed E-state index contributed by atoms with van der Waals surface area (Å²) >= 11 is 4.79. The van der Waals surface area contributed by atoms with Gasteiger partial charge in [0.1, 0.15) is 0 Å². The molecule has 0 spiro atoms. The zero-order valence-corrected chi connectivity index (χ0v) is 8.32. The van der Waals surface area contributed by atoms with Crippen molar-refractivity contribution in [1.29, 1.82) is 5.26 Å². The van der Waals surface area contributed by atoms with Gasteiger partial charge < -0.3 is 0 Å². The molecule has 1 heterocycles. The lowest BCUT2D eigenvalue weighted by molar-refractivity contribution is 1.51. The summed E-state index contributed by atoms with van der Waals surface area (Å²) in [7, 11) is 0. The van der Waals surface area contributed by atoms with Crippen molar-refractivity contribution in [3.8, 4) is 6.07 Å². The Morgan fingerprint density at radius 3 is 2.92 bits per heavy atom. The number of thiophene rings is 1. The molecule has 0 bridgehead atoms. The molecule has 12 heavy (non-hydrogen) atoms. The van der Waals surface area contributed by atoms with Crippen molar-refractivity contribution in [3.05, 3.63) is 37.9 Å². The van der Waals surface area contributed by atoms with Gasteiger partial charge in [-0.15, -0.1) is 11.3 Å². The number of rotatable bonds is 1. The molecule has 2 nitrogen and oxygen atoms in total. The fourth-order valence-electron chi connectivity index (χ4n) is 0.630. The summed E-state index contributed by atoms with van der Waals surface area (Å²) in [5.74, 6) is 0. The quantitative estimate of drug-likeness (QED) is 0.545. The molecule has 0 N–H and O–H groups in total. The van der Waals surface area contributed by atoms with Gasteiger partial charge in [-0.1, -0.05) is 0 Å². The topological polar surface area (TPSA) is 28.1 Å². The first-order chi connectivity index (χ1) is 5.76. The van der Waals surface area contributed by atoms with Crippen LogP contribution in [-0.2, 0) is 0 Å². The molecule has 0 amide bonds. The second kappa shape index (κ2) is 4.06. The molecular weight excluding hydrogens is 236 g/mol. The van der Waals surface area contributed by atoms with Crippen LogP contribution in [0.4, 0.5) is 0 Å². The van der Waals surface area contributed by atoms with Gasteiger partial charge in [0.2, 0.25) is 0 Å². The Hall–Kier alpha value is -1.10. The lowest BCUT2D eigenvalue weighted by atomic mass is 10.4. The summed E-state index contributed by atoms with van der Waals surface area (Å²) in [4.78, 5) is 3.96. The molecule has 0 aliphatic carbocycles. The van der Waals surface area contributed by atoms with Gasteiger partial charge in [0.05, 0.1) is 16.4 Å². The molecule has 0 aliphatic heterocycles. The van der Waals surface area contributed by atoms with Gasteiger partial charge in [-0.05, 0) is 34.1 Å². The van der Waals surface area contributed by atoms with E-state index >= 15 is 0 Å². The van der Waals surface area contributed by atoms with E-state index in [0.29, 0.717) is 0 Å². The lowest BCUT2D eigenvalue weighted by Gasteiger charge is -1.81. The molecule has 0 unspecified atom stereocenters. The van der Waals surface area contributed by atoms with Crippen LogP contribution >= 0.6 is 27.3 Å². The van der Waals surface area contributed by atoms with Gasteiger partial charge >= 0.3 is 0 Å². The van der Waals surface area contributed by atoms with Crippen LogP contribution in [0.5, 0.6) is 0 Å². The Bertz CT molecular complexity index is 376. The minimum Gasteiger partial charge on any atom is -0.227 e. The van der Waals surface area contributed by atoms with Crippen LogP contribution in [0, 0.1) is 17.9 Å². The van der Waals surface area contributed by atoms with Crippen LogP contribution in [0.25, 0.3) is 10.9 Å². The average molecular weight is 239 g/mol. The van der Waals surface area contributed by atoms with E-state index < -0.39 is 0 Å². The maximum atomic E-state index is 8.46. The smallest absolute Gasteiger partial charge is 0.227 e. The SMILES string of the molecule is [C-]#[N+]/C(C#N)=C/c1ccc(Br)s1. The van der Waals surface area contributed by atoms with Gasteiger partial charge in [-0.2, -0.15) is 0 Å². The highest BCUT2D eigenvalue weighted by atomic mass is 79.9. The third kappa shape index (κ3) is 2.20. The van der Waals surface area contributed by atoms with E-state index in [1.54, 1.807) is 6.08 Å². The van der Waals surface area contributed by atoms with E-state index in [4.69, 9.17) is 11.8 Å². The Morgan fingerprint density at radius 1 is 1.75 bits per heavy atom. The van der Waals surface area contributed by atoms with E-state index in [1.165, 1.54) is 11.3 Å². The predicted octanol–water partition coefficient (Wildman–Crippen LogP) is 3.29. The van der Waals surface area contributed by atoms with Crippen LogP contribution in [0.2, 0.25) is 0 Å². The molecule has 0 aromatic carbocycles. The summed E-state index contributed by atoms with van der Waals surface area (Å²) in [6, 6.07) is 5.55. The number of nitrogens with zero attached hydrogens (tertiary/aromatic N) is 2. The van der Waals surface area contributed by atoms with E-state index in [2.05, 4.69) is 20.8 Å². The second-order valence-electron chi connectivity index (χ2n) is 1.90. The zero-order chi connectivity index (χ0) is 8.97. The first-order valence-corrected chi connectivity index (χ1v) is 4.62. The van der Waals surface area contributed by atoms with E-state index in [-0.39, 0.29) is 5.70 Å². The van der Waals surface area contributed by atoms with Crippen LogP contribution in [0.1, 0.15) is 4.88 Å². The molecule has 4 heteroatoms. The molecule has 1 aromatic rings. The van der Waals surface area contributed by atoms with Crippen LogP contribution < -0.4 is 0 Å². The highest BCUT2D eigenvalue weighted by molar-refractivity contribution is 9.11. The number of allylic oxidation sites excluding steroid dienone is 1. The fraction of sp³-hybridized carbons (Fsp3) is 0. The lowest BCUT2D eigenvalue weighted by Crippen LogP contribution is -1.65. The van der Waals surface area contributed by atoms with Gasteiger partial charge in [0.25, 0.3) is 5.70 Å². The number of nitriles is 1. The molecule has 1 aromatic heterocycles. The predicted molar refractivity (Wildman–Crippen MR) is 52.2 cm³/mol. The molecule has 0 atom stereocenters. The number of hydrogen-bond donors (Lipinski definition) is 0. The molecular formula is C8H3BrN2S. The van der Waals surface area contributed by atoms with Crippen molar-refractivity contribution in [2.75, 3.05) is 0 Å². The molecule has 58 valence electrons. The maximum absolute atomic E-state index is 8.46. The average Bonchev–Trinajstić information content (AvgIpc) is 2.47. The Labute approximate surface area is 82.7 Å². The summed E-state index contributed by atoms with van der Waals surface area (Å²) in [6.45, 7) is 6.64. The zero-order valence-electron chi connectivity index (χ0n) is 5.91. The minimum atomic E-state index is 0.115. The molecule has 0 fully saturated rings. The Morgan fingerprint density at radius 2 is 2.50 bits per heavy atom. The van der Waals surface area contributed by atoms with E-state index in [1.807, 2.05) is 18.2 Å². The third-order valence-corrected chi connectivity index (χ3v) is 2.68.